The lowest BCUT2D eigenvalue weighted by molar-refractivity contribution is -0.146. The van der Waals surface area contributed by atoms with Crippen LogP contribution in [0.25, 0.3) is 0 Å². The highest BCUT2D eigenvalue weighted by atomic mass is 16.5. The van der Waals surface area contributed by atoms with Crippen LogP contribution in [-0.4, -0.2) is 23.9 Å². The number of rotatable bonds is 6. The zero-order chi connectivity index (χ0) is 14.3. The fourth-order valence-corrected chi connectivity index (χ4v) is 5.75. The molecule has 0 radical (unpaired) electrons. The number of aliphatic hydroxyl groups excluding tert-OH is 1. The van der Waals surface area contributed by atoms with Gasteiger partial charge in [0.25, 0.3) is 0 Å². The van der Waals surface area contributed by atoms with Gasteiger partial charge in [0.05, 0.1) is 18.8 Å². The second-order valence-electron chi connectivity index (χ2n) is 8.57. The Morgan fingerprint density at radius 1 is 1.00 bits per heavy atom. The summed E-state index contributed by atoms with van der Waals surface area (Å²) in [5, 5.41) is 10.8. The van der Waals surface area contributed by atoms with Gasteiger partial charge in [0.1, 0.15) is 0 Å². The van der Waals surface area contributed by atoms with E-state index in [-0.39, 0.29) is 17.6 Å². The Labute approximate surface area is 124 Å². The van der Waals surface area contributed by atoms with Crippen molar-refractivity contribution in [2.75, 3.05) is 6.61 Å². The Hall–Kier alpha value is -0.0800. The molecule has 2 nitrogen and oxygen atoms in total. The van der Waals surface area contributed by atoms with Crippen molar-refractivity contribution in [1.29, 1.82) is 0 Å². The molecule has 0 aromatic carbocycles. The molecule has 0 aliphatic heterocycles. The molecular weight excluding hydrogens is 248 g/mol. The average molecular weight is 280 g/mol. The van der Waals surface area contributed by atoms with E-state index in [0.29, 0.717) is 12.5 Å². The lowest BCUT2D eigenvalue weighted by Gasteiger charge is -2.58. The fourth-order valence-electron chi connectivity index (χ4n) is 5.75. The quantitative estimate of drug-likeness (QED) is 0.796. The maximum atomic E-state index is 10.8. The van der Waals surface area contributed by atoms with Crippen molar-refractivity contribution in [1.82, 2.24) is 0 Å². The molecule has 0 amide bonds. The maximum Gasteiger partial charge on any atom is 0.0830 e. The van der Waals surface area contributed by atoms with E-state index in [1.807, 2.05) is 0 Å². The molecule has 4 aliphatic carbocycles. The van der Waals surface area contributed by atoms with Gasteiger partial charge in [-0.2, -0.15) is 0 Å². The minimum Gasteiger partial charge on any atom is -0.390 e. The molecule has 0 aromatic rings. The molecule has 2 heteroatoms. The largest absolute Gasteiger partial charge is 0.390 e. The lowest BCUT2D eigenvalue weighted by atomic mass is 9.48. The highest BCUT2D eigenvalue weighted by molar-refractivity contribution is 5.04. The first-order chi connectivity index (χ1) is 9.47. The van der Waals surface area contributed by atoms with Crippen molar-refractivity contribution in [2.45, 2.75) is 77.9 Å². The Bertz CT molecular complexity index is 301. The molecule has 2 unspecified atom stereocenters. The molecule has 4 fully saturated rings. The molecule has 0 spiro atoms. The molecule has 4 rings (SSSR count). The molecule has 20 heavy (non-hydrogen) atoms. The number of hydrogen-bond acceptors (Lipinski definition) is 2. The van der Waals surface area contributed by atoms with Gasteiger partial charge in [-0.05, 0) is 81.0 Å². The maximum absolute atomic E-state index is 10.8. The van der Waals surface area contributed by atoms with E-state index < -0.39 is 0 Å². The summed E-state index contributed by atoms with van der Waals surface area (Å²) in [4.78, 5) is 0. The van der Waals surface area contributed by atoms with Gasteiger partial charge in [0.15, 0.2) is 0 Å². The predicted octanol–water partition coefficient (Wildman–Crippen LogP) is 4.01. The van der Waals surface area contributed by atoms with Crippen LogP contribution in [0.5, 0.6) is 0 Å². The first-order valence-corrected chi connectivity index (χ1v) is 8.76. The third kappa shape index (κ3) is 2.92. The Kier molecular flexibility index (Phi) is 4.16. The van der Waals surface area contributed by atoms with E-state index in [0.717, 1.165) is 24.2 Å². The van der Waals surface area contributed by atoms with E-state index in [9.17, 15) is 5.11 Å². The van der Waals surface area contributed by atoms with Crippen LogP contribution in [-0.2, 0) is 4.74 Å². The average Bonchev–Trinajstić information content (AvgIpc) is 2.33. The van der Waals surface area contributed by atoms with Gasteiger partial charge in [0.2, 0.25) is 0 Å². The van der Waals surface area contributed by atoms with Gasteiger partial charge >= 0.3 is 0 Å². The van der Waals surface area contributed by atoms with E-state index in [1.165, 1.54) is 38.5 Å². The molecule has 0 saturated heterocycles. The summed E-state index contributed by atoms with van der Waals surface area (Å²) in [5.41, 5.74) is 0.215. The monoisotopic (exact) mass is 280 g/mol. The predicted molar refractivity (Wildman–Crippen MR) is 81.5 cm³/mol. The van der Waals surface area contributed by atoms with Crippen molar-refractivity contribution in [3.05, 3.63) is 0 Å². The Morgan fingerprint density at radius 2 is 1.50 bits per heavy atom. The minimum atomic E-state index is -0.231. The van der Waals surface area contributed by atoms with Gasteiger partial charge < -0.3 is 9.84 Å². The van der Waals surface area contributed by atoms with Crippen molar-refractivity contribution < 1.29 is 9.84 Å². The van der Waals surface area contributed by atoms with E-state index in [2.05, 4.69) is 20.8 Å². The summed E-state index contributed by atoms with van der Waals surface area (Å²) >= 11 is 0. The first kappa shape index (κ1) is 14.8. The van der Waals surface area contributed by atoms with E-state index in [4.69, 9.17) is 4.74 Å². The summed E-state index contributed by atoms with van der Waals surface area (Å²) in [5.74, 6) is 3.39. The SMILES string of the molecule is CC(C)CC(C)OCC(O)C12CC3CC(CC(C3)C1)C2. The van der Waals surface area contributed by atoms with Crippen LogP contribution in [0.2, 0.25) is 0 Å². The van der Waals surface area contributed by atoms with Crippen LogP contribution < -0.4 is 0 Å². The zero-order valence-electron chi connectivity index (χ0n) is 13.5. The summed E-state index contributed by atoms with van der Waals surface area (Å²) in [6.07, 6.45) is 9.26. The lowest BCUT2D eigenvalue weighted by Crippen LogP contribution is -2.53. The topological polar surface area (TPSA) is 29.5 Å². The van der Waals surface area contributed by atoms with Crippen LogP contribution >= 0.6 is 0 Å². The van der Waals surface area contributed by atoms with Crippen molar-refractivity contribution in [2.24, 2.45) is 29.1 Å². The number of hydrogen-bond donors (Lipinski definition) is 1. The van der Waals surface area contributed by atoms with Gasteiger partial charge in [-0.1, -0.05) is 13.8 Å². The summed E-state index contributed by atoms with van der Waals surface area (Å²) in [6.45, 7) is 7.16. The number of ether oxygens (including phenoxy) is 1. The van der Waals surface area contributed by atoms with Gasteiger partial charge in [-0.25, -0.2) is 0 Å². The summed E-state index contributed by atoms with van der Waals surface area (Å²) in [7, 11) is 0. The number of aliphatic hydroxyl groups is 1. The Morgan fingerprint density at radius 3 is 1.95 bits per heavy atom. The third-order valence-corrected chi connectivity index (χ3v) is 6.13. The van der Waals surface area contributed by atoms with Crippen LogP contribution in [0, 0.1) is 29.1 Å². The molecule has 0 aromatic heterocycles. The molecular formula is C18H32O2. The second kappa shape index (κ2) is 5.61. The highest BCUT2D eigenvalue weighted by Gasteiger charge is 2.53. The van der Waals surface area contributed by atoms with Crippen LogP contribution in [0.3, 0.4) is 0 Å². The van der Waals surface area contributed by atoms with Crippen molar-refractivity contribution >= 4 is 0 Å². The minimum absolute atomic E-state index is 0.215. The van der Waals surface area contributed by atoms with Crippen molar-refractivity contribution in [3.63, 3.8) is 0 Å². The molecule has 4 saturated carbocycles. The molecule has 4 bridgehead atoms. The highest BCUT2D eigenvalue weighted by Crippen LogP contribution is 2.61. The van der Waals surface area contributed by atoms with Crippen LogP contribution in [0.1, 0.15) is 65.7 Å². The van der Waals surface area contributed by atoms with Gasteiger partial charge in [-0.15, -0.1) is 0 Å². The first-order valence-electron chi connectivity index (χ1n) is 8.76. The smallest absolute Gasteiger partial charge is 0.0830 e. The third-order valence-electron chi connectivity index (χ3n) is 6.13. The summed E-state index contributed by atoms with van der Waals surface area (Å²) < 4.78 is 5.95. The van der Waals surface area contributed by atoms with E-state index >= 15 is 0 Å². The second-order valence-corrected chi connectivity index (χ2v) is 8.57. The molecule has 0 heterocycles. The normalized spacial score (nSPS) is 42.1. The van der Waals surface area contributed by atoms with Gasteiger partial charge in [-0.3, -0.25) is 0 Å². The summed E-state index contributed by atoms with van der Waals surface area (Å²) in [6, 6.07) is 0. The van der Waals surface area contributed by atoms with Crippen LogP contribution in [0.4, 0.5) is 0 Å². The zero-order valence-corrected chi connectivity index (χ0v) is 13.5. The molecule has 4 aliphatic rings. The Balaban J connectivity index is 1.55. The molecule has 1 N–H and O–H groups in total. The fraction of sp³-hybridized carbons (Fsp3) is 1.00. The van der Waals surface area contributed by atoms with Crippen molar-refractivity contribution in [3.8, 4) is 0 Å². The molecule has 116 valence electrons. The standard InChI is InChI=1S/C18H32O2/c1-12(2)4-13(3)20-11-17(19)18-8-14-5-15(9-18)7-16(6-14)10-18/h12-17,19H,4-11H2,1-3H3. The van der Waals surface area contributed by atoms with E-state index in [1.54, 1.807) is 0 Å². The van der Waals surface area contributed by atoms with Gasteiger partial charge in [0, 0.05) is 0 Å². The molecule has 2 atom stereocenters. The van der Waals surface area contributed by atoms with Crippen LogP contribution in [0.15, 0.2) is 0 Å².